The Morgan fingerprint density at radius 2 is 2.29 bits per heavy atom. The standard InChI is InChI=1S/C11H19NOS/c1-4-5-12-7-11-6-10(8-13-3)9(2)14-11/h6,12H,4-5,7-8H2,1-3H3. The van der Waals surface area contributed by atoms with Crippen LogP contribution in [0.5, 0.6) is 0 Å². The van der Waals surface area contributed by atoms with E-state index in [9.17, 15) is 0 Å². The fourth-order valence-electron chi connectivity index (χ4n) is 1.36. The molecule has 0 saturated carbocycles. The Hall–Kier alpha value is -0.380. The van der Waals surface area contributed by atoms with Crippen molar-refractivity contribution in [2.75, 3.05) is 13.7 Å². The molecular weight excluding hydrogens is 194 g/mol. The summed E-state index contributed by atoms with van der Waals surface area (Å²) in [5.74, 6) is 0. The minimum atomic E-state index is 0.732. The highest BCUT2D eigenvalue weighted by molar-refractivity contribution is 7.12. The van der Waals surface area contributed by atoms with E-state index in [0.717, 1.165) is 19.7 Å². The summed E-state index contributed by atoms with van der Waals surface area (Å²) < 4.78 is 5.13. The van der Waals surface area contributed by atoms with Gasteiger partial charge in [0.25, 0.3) is 0 Å². The first-order chi connectivity index (χ1) is 6.77. The molecule has 0 bridgehead atoms. The topological polar surface area (TPSA) is 21.3 Å². The molecule has 80 valence electrons. The number of thiophene rings is 1. The average Bonchev–Trinajstić information content (AvgIpc) is 2.49. The number of hydrogen-bond acceptors (Lipinski definition) is 3. The molecule has 3 heteroatoms. The lowest BCUT2D eigenvalue weighted by Crippen LogP contribution is -2.12. The van der Waals surface area contributed by atoms with E-state index in [-0.39, 0.29) is 0 Å². The van der Waals surface area contributed by atoms with Gasteiger partial charge in [-0.3, -0.25) is 0 Å². The number of hydrogen-bond donors (Lipinski definition) is 1. The van der Waals surface area contributed by atoms with Gasteiger partial charge in [-0.25, -0.2) is 0 Å². The molecule has 2 nitrogen and oxygen atoms in total. The molecule has 0 fully saturated rings. The first kappa shape index (κ1) is 11.7. The lowest BCUT2D eigenvalue weighted by molar-refractivity contribution is 0.185. The molecule has 0 amide bonds. The van der Waals surface area contributed by atoms with Crippen LogP contribution in [0, 0.1) is 6.92 Å². The number of rotatable bonds is 6. The summed E-state index contributed by atoms with van der Waals surface area (Å²) in [4.78, 5) is 2.78. The summed E-state index contributed by atoms with van der Waals surface area (Å²) in [5.41, 5.74) is 1.32. The van der Waals surface area contributed by atoms with Gasteiger partial charge in [-0.15, -0.1) is 11.3 Å². The summed E-state index contributed by atoms with van der Waals surface area (Å²) in [7, 11) is 1.74. The second-order valence-electron chi connectivity index (χ2n) is 3.40. The predicted molar refractivity (Wildman–Crippen MR) is 61.8 cm³/mol. The van der Waals surface area contributed by atoms with Crippen molar-refractivity contribution >= 4 is 11.3 Å². The van der Waals surface area contributed by atoms with Crippen LogP contribution in [-0.4, -0.2) is 13.7 Å². The molecule has 14 heavy (non-hydrogen) atoms. The molecule has 0 aromatic carbocycles. The minimum absolute atomic E-state index is 0.732. The second kappa shape index (κ2) is 6.17. The van der Waals surface area contributed by atoms with Crippen LogP contribution in [0.25, 0.3) is 0 Å². The summed E-state index contributed by atoms with van der Waals surface area (Å²) in [6.07, 6.45) is 1.19. The monoisotopic (exact) mass is 213 g/mol. The molecule has 0 aliphatic heterocycles. The van der Waals surface area contributed by atoms with Crippen LogP contribution in [-0.2, 0) is 17.9 Å². The van der Waals surface area contributed by atoms with Crippen molar-refractivity contribution in [3.05, 3.63) is 21.4 Å². The van der Waals surface area contributed by atoms with Crippen LogP contribution >= 0.6 is 11.3 Å². The zero-order valence-corrected chi connectivity index (χ0v) is 10.0. The smallest absolute Gasteiger partial charge is 0.0723 e. The normalized spacial score (nSPS) is 10.8. The van der Waals surface area contributed by atoms with E-state index in [4.69, 9.17) is 4.74 Å². The maximum absolute atomic E-state index is 5.13. The van der Waals surface area contributed by atoms with Gasteiger partial charge >= 0.3 is 0 Å². The largest absolute Gasteiger partial charge is 0.380 e. The summed E-state index contributed by atoms with van der Waals surface area (Å²) in [5, 5.41) is 3.40. The number of aryl methyl sites for hydroxylation is 1. The van der Waals surface area contributed by atoms with E-state index in [1.165, 1.54) is 21.7 Å². The maximum Gasteiger partial charge on any atom is 0.0723 e. The molecule has 1 heterocycles. The van der Waals surface area contributed by atoms with Crippen molar-refractivity contribution in [3.8, 4) is 0 Å². The summed E-state index contributed by atoms with van der Waals surface area (Å²) >= 11 is 1.86. The fraction of sp³-hybridized carbons (Fsp3) is 0.636. The van der Waals surface area contributed by atoms with Crippen LogP contribution in [0.15, 0.2) is 6.07 Å². The Morgan fingerprint density at radius 3 is 2.93 bits per heavy atom. The van der Waals surface area contributed by atoms with Crippen molar-refractivity contribution in [1.82, 2.24) is 5.32 Å². The van der Waals surface area contributed by atoms with Crippen molar-refractivity contribution in [2.24, 2.45) is 0 Å². The lowest BCUT2D eigenvalue weighted by atomic mass is 10.2. The van der Waals surface area contributed by atoms with Crippen molar-refractivity contribution in [2.45, 2.75) is 33.4 Å². The highest BCUT2D eigenvalue weighted by Crippen LogP contribution is 2.21. The second-order valence-corrected chi connectivity index (χ2v) is 4.74. The molecular formula is C11H19NOS. The maximum atomic E-state index is 5.13. The zero-order valence-electron chi connectivity index (χ0n) is 9.22. The Balaban J connectivity index is 2.48. The van der Waals surface area contributed by atoms with E-state index in [2.05, 4.69) is 25.2 Å². The van der Waals surface area contributed by atoms with Crippen molar-refractivity contribution in [3.63, 3.8) is 0 Å². The van der Waals surface area contributed by atoms with E-state index >= 15 is 0 Å². The molecule has 1 N–H and O–H groups in total. The van der Waals surface area contributed by atoms with Gasteiger partial charge < -0.3 is 10.1 Å². The number of methoxy groups -OCH3 is 1. The quantitative estimate of drug-likeness (QED) is 0.734. The lowest BCUT2D eigenvalue weighted by Gasteiger charge is -1.98. The van der Waals surface area contributed by atoms with Crippen molar-refractivity contribution < 1.29 is 4.74 Å². The molecule has 1 aromatic heterocycles. The molecule has 1 rings (SSSR count). The van der Waals surface area contributed by atoms with Crippen LogP contribution in [0.1, 0.15) is 28.7 Å². The fourth-order valence-corrected chi connectivity index (χ4v) is 2.38. The Bertz CT molecular complexity index is 270. The number of nitrogens with one attached hydrogen (secondary N) is 1. The Kier molecular flexibility index (Phi) is 5.15. The highest BCUT2D eigenvalue weighted by Gasteiger charge is 2.04. The van der Waals surface area contributed by atoms with Gasteiger partial charge in [0.1, 0.15) is 0 Å². The first-order valence-corrected chi connectivity index (χ1v) is 5.87. The molecule has 1 aromatic rings. The zero-order chi connectivity index (χ0) is 10.4. The highest BCUT2D eigenvalue weighted by atomic mass is 32.1. The van der Waals surface area contributed by atoms with Crippen LogP contribution in [0.4, 0.5) is 0 Å². The van der Waals surface area contributed by atoms with Crippen molar-refractivity contribution in [1.29, 1.82) is 0 Å². The third-order valence-electron chi connectivity index (χ3n) is 2.10. The van der Waals surface area contributed by atoms with E-state index in [1.54, 1.807) is 7.11 Å². The van der Waals surface area contributed by atoms with E-state index in [0.29, 0.717) is 0 Å². The van der Waals surface area contributed by atoms with Crippen LogP contribution in [0.3, 0.4) is 0 Å². The molecule has 0 saturated heterocycles. The summed E-state index contributed by atoms with van der Waals surface area (Å²) in [6.45, 7) is 7.15. The minimum Gasteiger partial charge on any atom is -0.380 e. The predicted octanol–water partition coefficient (Wildman–Crippen LogP) is 2.70. The molecule has 0 atom stereocenters. The van der Waals surface area contributed by atoms with Gasteiger partial charge in [-0.1, -0.05) is 6.92 Å². The average molecular weight is 213 g/mol. The Morgan fingerprint density at radius 1 is 1.50 bits per heavy atom. The molecule has 0 spiro atoms. The van der Waals surface area contributed by atoms with Gasteiger partial charge in [-0.05, 0) is 31.5 Å². The van der Waals surface area contributed by atoms with Gasteiger partial charge in [0, 0.05) is 23.4 Å². The van der Waals surface area contributed by atoms with Gasteiger partial charge in [0.05, 0.1) is 6.61 Å². The molecule has 0 unspecified atom stereocenters. The van der Waals surface area contributed by atoms with E-state index in [1.807, 2.05) is 11.3 Å². The third kappa shape index (κ3) is 3.40. The van der Waals surface area contributed by atoms with Gasteiger partial charge in [-0.2, -0.15) is 0 Å². The first-order valence-electron chi connectivity index (χ1n) is 5.05. The summed E-state index contributed by atoms with van der Waals surface area (Å²) in [6, 6.07) is 2.24. The number of ether oxygens (including phenoxy) is 1. The molecule has 0 aliphatic rings. The van der Waals surface area contributed by atoms with E-state index < -0.39 is 0 Å². The van der Waals surface area contributed by atoms with Gasteiger partial charge in [0.2, 0.25) is 0 Å². The Labute approximate surface area is 90.3 Å². The van der Waals surface area contributed by atoms with Crippen LogP contribution in [0.2, 0.25) is 0 Å². The SMILES string of the molecule is CCCNCc1cc(COC)c(C)s1. The molecule has 0 radical (unpaired) electrons. The molecule has 0 aliphatic carbocycles. The third-order valence-corrected chi connectivity index (χ3v) is 3.19. The van der Waals surface area contributed by atoms with Gasteiger partial charge in [0.15, 0.2) is 0 Å². The van der Waals surface area contributed by atoms with Crippen LogP contribution < -0.4 is 5.32 Å².